The molecule has 2 rings (SSSR count). The van der Waals surface area contributed by atoms with E-state index in [1.165, 1.54) is 16.7 Å². The van der Waals surface area contributed by atoms with Crippen LogP contribution in [0.5, 0.6) is 0 Å². The number of amides is 1. The van der Waals surface area contributed by atoms with Crippen LogP contribution in [0, 0.1) is 5.92 Å². The van der Waals surface area contributed by atoms with Crippen LogP contribution in [0.3, 0.4) is 0 Å². The molecule has 1 fully saturated rings. The monoisotopic (exact) mass is 385 g/mol. The Morgan fingerprint density at radius 2 is 1.95 bits per heavy atom. The van der Waals surface area contributed by atoms with Crippen molar-refractivity contribution in [3.63, 3.8) is 0 Å². The molecule has 0 radical (unpaired) electrons. The predicted octanol–water partition coefficient (Wildman–Crippen LogP) is 2.25. The Balaban J connectivity index is 2.10. The van der Waals surface area contributed by atoms with Gasteiger partial charge in [-0.15, -0.1) is 11.8 Å². The van der Waals surface area contributed by atoms with E-state index in [2.05, 4.69) is 15.9 Å². The summed E-state index contributed by atoms with van der Waals surface area (Å²) in [4.78, 5) is 36.7. The molecule has 0 aliphatic carbocycles. The van der Waals surface area contributed by atoms with Gasteiger partial charge in [0, 0.05) is 11.3 Å². The van der Waals surface area contributed by atoms with Gasteiger partial charge in [-0.25, -0.2) is 4.79 Å². The van der Waals surface area contributed by atoms with Gasteiger partial charge in [0.25, 0.3) is 0 Å². The molecule has 118 valence electrons. The van der Waals surface area contributed by atoms with Crippen LogP contribution in [0.2, 0.25) is 0 Å². The first kappa shape index (κ1) is 17.0. The van der Waals surface area contributed by atoms with Crippen molar-refractivity contribution in [3.05, 3.63) is 35.9 Å². The molecule has 0 unspecified atom stereocenters. The number of hydrogen-bond donors (Lipinski definition) is 1. The minimum Gasteiger partial charge on any atom is -0.480 e. The van der Waals surface area contributed by atoms with Crippen molar-refractivity contribution in [2.45, 2.75) is 17.8 Å². The fourth-order valence-electron chi connectivity index (χ4n) is 2.24. The van der Waals surface area contributed by atoms with Crippen LogP contribution < -0.4 is 0 Å². The molecule has 1 aliphatic heterocycles. The molecular formula is C15H16BrNO4S. The van der Waals surface area contributed by atoms with E-state index in [9.17, 15) is 14.4 Å². The highest BCUT2D eigenvalue weighted by Crippen LogP contribution is 2.27. The van der Waals surface area contributed by atoms with E-state index in [4.69, 9.17) is 5.11 Å². The summed E-state index contributed by atoms with van der Waals surface area (Å²) in [6.07, 6.45) is 0. The van der Waals surface area contributed by atoms with Crippen molar-refractivity contribution in [3.8, 4) is 0 Å². The minimum atomic E-state index is -1.01. The highest BCUT2D eigenvalue weighted by atomic mass is 79.9. The lowest BCUT2D eigenvalue weighted by atomic mass is 9.98. The Kier molecular flexibility index (Phi) is 5.63. The van der Waals surface area contributed by atoms with Crippen molar-refractivity contribution in [2.75, 3.05) is 11.6 Å². The third kappa shape index (κ3) is 3.52. The van der Waals surface area contributed by atoms with Crippen molar-refractivity contribution in [1.29, 1.82) is 0 Å². The standard InChI is InChI=1S/C15H16BrNO4S/c1-9(12(16)13(18)10-5-3-2-4-6-10)14(19)17-8-22-7-11(17)15(20)21/h2-6,9,11-12H,7-8H2,1H3,(H,20,21)/t9-,11+,12-/m1/s1. The zero-order valence-electron chi connectivity index (χ0n) is 11.9. The quantitative estimate of drug-likeness (QED) is 0.621. The lowest BCUT2D eigenvalue weighted by molar-refractivity contribution is -0.149. The molecule has 1 aromatic carbocycles. The number of alkyl halides is 1. The zero-order valence-corrected chi connectivity index (χ0v) is 14.3. The lowest BCUT2D eigenvalue weighted by Gasteiger charge is -2.26. The third-order valence-corrected chi connectivity index (χ3v) is 5.81. The zero-order chi connectivity index (χ0) is 16.3. The molecule has 1 heterocycles. The van der Waals surface area contributed by atoms with E-state index in [1.807, 2.05) is 6.07 Å². The molecule has 5 nitrogen and oxygen atoms in total. The molecule has 1 saturated heterocycles. The molecule has 3 atom stereocenters. The average molecular weight is 386 g/mol. The van der Waals surface area contributed by atoms with Gasteiger partial charge in [-0.05, 0) is 0 Å². The summed E-state index contributed by atoms with van der Waals surface area (Å²) in [5.74, 6) is -1.41. The number of thioether (sulfide) groups is 1. The number of carboxylic acids is 1. The first-order valence-electron chi connectivity index (χ1n) is 6.78. The smallest absolute Gasteiger partial charge is 0.327 e. The summed E-state index contributed by atoms with van der Waals surface area (Å²) in [7, 11) is 0. The second-order valence-corrected chi connectivity index (χ2v) is 7.07. The van der Waals surface area contributed by atoms with Crippen molar-refractivity contribution in [2.24, 2.45) is 5.92 Å². The Hall–Kier alpha value is -1.34. The average Bonchev–Trinajstić information content (AvgIpc) is 3.02. The highest BCUT2D eigenvalue weighted by Gasteiger charge is 2.39. The van der Waals surface area contributed by atoms with Gasteiger partial charge in [0.05, 0.1) is 16.6 Å². The summed E-state index contributed by atoms with van der Waals surface area (Å²) in [6.45, 7) is 1.64. The summed E-state index contributed by atoms with van der Waals surface area (Å²) in [5.41, 5.74) is 0.523. The normalized spacial score (nSPS) is 20.5. The van der Waals surface area contributed by atoms with Gasteiger partial charge in [-0.1, -0.05) is 53.2 Å². The maximum absolute atomic E-state index is 12.5. The number of ketones is 1. The summed E-state index contributed by atoms with van der Waals surface area (Å²) in [5, 5.41) is 9.15. The number of rotatable bonds is 5. The fourth-order valence-corrected chi connectivity index (χ4v) is 3.89. The molecule has 1 amide bonds. The number of carboxylic acid groups (broad SMARTS) is 1. The molecule has 22 heavy (non-hydrogen) atoms. The Morgan fingerprint density at radius 3 is 2.55 bits per heavy atom. The number of carbonyl (C=O) groups excluding carboxylic acids is 2. The van der Waals surface area contributed by atoms with E-state index >= 15 is 0 Å². The molecule has 7 heteroatoms. The van der Waals surface area contributed by atoms with Crippen LogP contribution >= 0.6 is 27.7 Å². The maximum Gasteiger partial charge on any atom is 0.327 e. The molecule has 1 aromatic rings. The van der Waals surface area contributed by atoms with Crippen LogP contribution in [-0.2, 0) is 9.59 Å². The van der Waals surface area contributed by atoms with E-state index in [0.717, 1.165) is 0 Å². The van der Waals surface area contributed by atoms with Gasteiger partial charge in [0.1, 0.15) is 6.04 Å². The van der Waals surface area contributed by atoms with Crippen LogP contribution in [-0.4, -0.2) is 50.2 Å². The Labute approximate surface area is 141 Å². The largest absolute Gasteiger partial charge is 0.480 e. The van der Waals surface area contributed by atoms with Crippen LogP contribution in [0.1, 0.15) is 17.3 Å². The van der Waals surface area contributed by atoms with Crippen LogP contribution in [0.15, 0.2) is 30.3 Å². The summed E-state index contributed by atoms with van der Waals surface area (Å²) >= 11 is 4.70. The Morgan fingerprint density at radius 1 is 1.32 bits per heavy atom. The molecular weight excluding hydrogens is 370 g/mol. The minimum absolute atomic E-state index is 0.180. The van der Waals surface area contributed by atoms with Gasteiger partial charge < -0.3 is 10.0 Å². The second-order valence-electron chi connectivity index (χ2n) is 5.08. The lowest BCUT2D eigenvalue weighted by Crippen LogP contribution is -2.46. The number of hydrogen-bond acceptors (Lipinski definition) is 4. The molecule has 0 bridgehead atoms. The van der Waals surface area contributed by atoms with Crippen LogP contribution in [0.25, 0.3) is 0 Å². The van der Waals surface area contributed by atoms with Gasteiger partial charge in [-0.2, -0.15) is 0 Å². The van der Waals surface area contributed by atoms with Crippen LogP contribution in [0.4, 0.5) is 0 Å². The van der Waals surface area contributed by atoms with Gasteiger partial charge in [0.15, 0.2) is 5.78 Å². The van der Waals surface area contributed by atoms with Crippen molar-refractivity contribution < 1.29 is 19.5 Å². The Bertz CT molecular complexity index is 580. The van der Waals surface area contributed by atoms with E-state index < -0.39 is 22.8 Å². The van der Waals surface area contributed by atoms with E-state index in [1.54, 1.807) is 31.2 Å². The molecule has 1 N–H and O–H groups in total. The van der Waals surface area contributed by atoms with E-state index in [0.29, 0.717) is 17.2 Å². The topological polar surface area (TPSA) is 74.7 Å². The first-order chi connectivity index (χ1) is 10.4. The van der Waals surface area contributed by atoms with Gasteiger partial charge in [0.2, 0.25) is 5.91 Å². The number of nitrogens with zero attached hydrogens (tertiary/aromatic N) is 1. The van der Waals surface area contributed by atoms with Crippen molar-refractivity contribution >= 4 is 45.4 Å². The number of carbonyl (C=O) groups is 3. The van der Waals surface area contributed by atoms with Gasteiger partial charge in [-0.3, -0.25) is 9.59 Å². The second kappa shape index (κ2) is 7.28. The van der Waals surface area contributed by atoms with Crippen molar-refractivity contribution in [1.82, 2.24) is 4.90 Å². The number of aliphatic carboxylic acids is 1. The van der Waals surface area contributed by atoms with Gasteiger partial charge >= 0.3 is 5.97 Å². The first-order valence-corrected chi connectivity index (χ1v) is 8.85. The molecule has 0 aromatic heterocycles. The molecule has 1 aliphatic rings. The maximum atomic E-state index is 12.5. The third-order valence-electron chi connectivity index (χ3n) is 3.59. The van der Waals surface area contributed by atoms with E-state index in [-0.39, 0.29) is 11.7 Å². The highest BCUT2D eigenvalue weighted by molar-refractivity contribution is 9.10. The molecule has 0 saturated carbocycles. The number of Topliss-reactive ketones (excluding diaryl/α,β-unsaturated/α-hetero) is 1. The molecule has 0 spiro atoms. The summed E-state index contributed by atoms with van der Waals surface area (Å²) < 4.78 is 0. The number of benzene rings is 1. The predicted molar refractivity (Wildman–Crippen MR) is 88.2 cm³/mol. The SMILES string of the molecule is C[C@@H](C(=O)N1CSC[C@H]1C(=O)O)[C@@H](Br)C(=O)c1ccccc1. The fraction of sp³-hybridized carbons (Fsp3) is 0.400. The summed E-state index contributed by atoms with van der Waals surface area (Å²) in [6, 6.07) is 7.91. The number of halogens is 1.